The summed E-state index contributed by atoms with van der Waals surface area (Å²) in [6.07, 6.45) is 0. The molecule has 0 saturated carbocycles. The molecule has 0 aliphatic rings. The van der Waals surface area contributed by atoms with Gasteiger partial charge in [-0.1, -0.05) is 23.7 Å². The molecule has 104 valence electrons. The number of rotatable bonds is 4. The largest absolute Gasteiger partial charge is 0.398 e. The monoisotopic (exact) mass is 310 g/mol. The molecule has 0 spiro atoms. The van der Waals surface area contributed by atoms with Crippen molar-refractivity contribution in [2.45, 2.75) is 10.6 Å². The van der Waals surface area contributed by atoms with Gasteiger partial charge in [0.1, 0.15) is 0 Å². The van der Waals surface area contributed by atoms with E-state index in [-0.39, 0.29) is 11.4 Å². The smallest absolute Gasteiger partial charge is 0.269 e. The van der Waals surface area contributed by atoms with Gasteiger partial charge in [-0.15, -0.1) is 0 Å². The highest BCUT2D eigenvalue weighted by Gasteiger charge is 2.09. The van der Waals surface area contributed by atoms with Crippen LogP contribution in [0.3, 0.4) is 0 Å². The minimum absolute atomic E-state index is 0.00932. The van der Waals surface area contributed by atoms with E-state index in [0.29, 0.717) is 15.6 Å². The van der Waals surface area contributed by atoms with Gasteiger partial charge in [-0.2, -0.15) is 0 Å². The van der Waals surface area contributed by atoms with Crippen molar-refractivity contribution in [2.24, 2.45) is 0 Å². The number of benzene rings is 2. The lowest BCUT2D eigenvalue weighted by molar-refractivity contribution is -0.384. The van der Waals surface area contributed by atoms with Crippen molar-refractivity contribution in [1.82, 2.24) is 0 Å². The molecule has 0 saturated heterocycles. The average molecular weight is 311 g/mol. The first kappa shape index (κ1) is 14.5. The minimum atomic E-state index is -1.28. The Morgan fingerprint density at radius 3 is 2.40 bits per heavy atom. The van der Waals surface area contributed by atoms with Crippen molar-refractivity contribution in [2.75, 3.05) is 5.73 Å². The molecule has 2 N–H and O–H groups in total. The number of nitrogen functional groups attached to an aromatic ring is 1. The lowest BCUT2D eigenvalue weighted by Crippen LogP contribution is -1.98. The highest BCUT2D eigenvalue weighted by Crippen LogP contribution is 2.23. The molecule has 0 bridgehead atoms. The molecular weight excluding hydrogens is 300 g/mol. The van der Waals surface area contributed by atoms with Crippen molar-refractivity contribution < 1.29 is 9.13 Å². The molecule has 0 fully saturated rings. The molecule has 2 aromatic carbocycles. The molecule has 0 amide bonds. The van der Waals surface area contributed by atoms with Crippen LogP contribution in [-0.2, 0) is 16.6 Å². The van der Waals surface area contributed by atoms with Gasteiger partial charge in [0, 0.05) is 17.0 Å². The lowest BCUT2D eigenvalue weighted by Gasteiger charge is -2.04. The third-order valence-electron chi connectivity index (χ3n) is 2.68. The fourth-order valence-electron chi connectivity index (χ4n) is 1.60. The average Bonchev–Trinajstić information content (AvgIpc) is 2.42. The summed E-state index contributed by atoms with van der Waals surface area (Å²) in [5.41, 5.74) is 6.79. The van der Waals surface area contributed by atoms with Crippen LogP contribution < -0.4 is 5.73 Å². The van der Waals surface area contributed by atoms with Gasteiger partial charge >= 0.3 is 0 Å². The van der Waals surface area contributed by atoms with Gasteiger partial charge in [-0.25, -0.2) is 0 Å². The molecule has 7 heteroatoms. The quantitative estimate of drug-likeness (QED) is 0.534. The Labute approximate surface area is 123 Å². The second-order valence-electron chi connectivity index (χ2n) is 4.10. The van der Waals surface area contributed by atoms with Crippen LogP contribution in [0.25, 0.3) is 0 Å². The third kappa shape index (κ3) is 3.34. The van der Waals surface area contributed by atoms with Gasteiger partial charge in [-0.05, 0) is 23.8 Å². The van der Waals surface area contributed by atoms with E-state index in [1.165, 1.54) is 12.1 Å². The number of halogens is 1. The van der Waals surface area contributed by atoms with Gasteiger partial charge in [-0.3, -0.25) is 14.3 Å². The highest BCUT2D eigenvalue weighted by molar-refractivity contribution is 7.84. The van der Waals surface area contributed by atoms with Gasteiger partial charge in [0.25, 0.3) is 5.69 Å². The zero-order valence-corrected chi connectivity index (χ0v) is 11.9. The fraction of sp³-hybridized carbons (Fsp3) is 0.0769. The maximum atomic E-state index is 12.2. The normalized spacial score (nSPS) is 12.1. The van der Waals surface area contributed by atoms with E-state index in [1.54, 1.807) is 30.3 Å². The number of hydrogen-bond donors (Lipinski definition) is 1. The van der Waals surface area contributed by atoms with Crippen molar-refractivity contribution in [3.63, 3.8) is 0 Å². The van der Waals surface area contributed by atoms with Crippen LogP contribution in [0.2, 0.25) is 5.02 Å². The van der Waals surface area contributed by atoms with Crippen molar-refractivity contribution in [1.29, 1.82) is 0 Å². The molecule has 0 aliphatic heterocycles. The molecule has 2 rings (SSSR count). The Bertz CT molecular complexity index is 674. The summed E-state index contributed by atoms with van der Waals surface area (Å²) >= 11 is 5.88. The third-order valence-corrected chi connectivity index (χ3v) is 4.38. The van der Waals surface area contributed by atoms with E-state index >= 15 is 0 Å². The van der Waals surface area contributed by atoms with Crippen molar-refractivity contribution in [3.8, 4) is 0 Å². The predicted molar refractivity (Wildman–Crippen MR) is 79.1 cm³/mol. The van der Waals surface area contributed by atoms with Crippen LogP contribution in [0.5, 0.6) is 0 Å². The minimum Gasteiger partial charge on any atom is -0.398 e. The van der Waals surface area contributed by atoms with Gasteiger partial charge in [0.15, 0.2) is 0 Å². The van der Waals surface area contributed by atoms with Crippen LogP contribution in [-0.4, -0.2) is 9.13 Å². The zero-order chi connectivity index (χ0) is 14.7. The second kappa shape index (κ2) is 6.02. The van der Waals surface area contributed by atoms with Gasteiger partial charge < -0.3 is 5.73 Å². The molecule has 1 unspecified atom stereocenters. The predicted octanol–water partition coefficient (Wildman–Crippen LogP) is 3.14. The Balaban J connectivity index is 2.14. The molecule has 0 heterocycles. The lowest BCUT2D eigenvalue weighted by atomic mass is 10.2. The molecule has 20 heavy (non-hydrogen) atoms. The van der Waals surface area contributed by atoms with E-state index in [0.717, 1.165) is 5.56 Å². The van der Waals surface area contributed by atoms with E-state index in [2.05, 4.69) is 0 Å². The number of nitrogens with two attached hydrogens (primary N) is 1. The Kier molecular flexibility index (Phi) is 4.36. The molecule has 0 aliphatic carbocycles. The highest BCUT2D eigenvalue weighted by atomic mass is 35.5. The zero-order valence-electron chi connectivity index (χ0n) is 10.3. The van der Waals surface area contributed by atoms with Crippen LogP contribution in [0.1, 0.15) is 5.56 Å². The molecule has 1 atom stereocenters. The summed E-state index contributed by atoms with van der Waals surface area (Å²) in [5, 5.41) is 10.9. The number of hydrogen-bond acceptors (Lipinski definition) is 4. The first-order valence-electron chi connectivity index (χ1n) is 5.64. The van der Waals surface area contributed by atoms with Gasteiger partial charge in [0.05, 0.1) is 32.2 Å². The summed E-state index contributed by atoms with van der Waals surface area (Å²) in [7, 11) is -1.28. The number of nitrogens with zero attached hydrogens (tertiary/aromatic N) is 1. The maximum absolute atomic E-state index is 12.2. The van der Waals surface area contributed by atoms with Crippen LogP contribution in [0, 0.1) is 10.1 Å². The number of nitro groups is 1. The number of nitro benzene ring substituents is 1. The summed E-state index contributed by atoms with van der Waals surface area (Å²) in [6.45, 7) is 0. The Morgan fingerprint density at radius 2 is 1.85 bits per heavy atom. The Hall–Kier alpha value is -1.92. The standard InChI is InChI=1S/C13H11ClN2O3S/c14-12-7-11(5-6-13(12)15)20(19)8-9-1-3-10(4-2-9)16(17)18/h1-7H,8,15H2. The van der Waals surface area contributed by atoms with Crippen molar-refractivity contribution >= 4 is 33.8 Å². The van der Waals surface area contributed by atoms with Gasteiger partial charge in [0.2, 0.25) is 0 Å². The van der Waals surface area contributed by atoms with Crippen LogP contribution in [0.15, 0.2) is 47.4 Å². The van der Waals surface area contributed by atoms with Crippen LogP contribution in [0.4, 0.5) is 11.4 Å². The molecule has 0 radical (unpaired) electrons. The Morgan fingerprint density at radius 1 is 1.20 bits per heavy atom. The summed E-state index contributed by atoms with van der Waals surface area (Å²) in [5.74, 6) is 0.262. The van der Waals surface area contributed by atoms with E-state index in [4.69, 9.17) is 17.3 Å². The summed E-state index contributed by atoms with van der Waals surface area (Å²) in [4.78, 5) is 10.6. The maximum Gasteiger partial charge on any atom is 0.269 e. The second-order valence-corrected chi connectivity index (χ2v) is 5.96. The topological polar surface area (TPSA) is 86.2 Å². The molecule has 0 aromatic heterocycles. The summed E-state index contributed by atoms with van der Waals surface area (Å²) in [6, 6.07) is 10.8. The molecule has 5 nitrogen and oxygen atoms in total. The fourth-order valence-corrected chi connectivity index (χ4v) is 2.97. The summed E-state index contributed by atoms with van der Waals surface area (Å²) < 4.78 is 12.2. The number of non-ortho nitro benzene ring substituents is 1. The van der Waals surface area contributed by atoms with E-state index in [9.17, 15) is 14.3 Å². The molecule has 2 aromatic rings. The van der Waals surface area contributed by atoms with E-state index in [1.807, 2.05) is 0 Å². The first-order valence-corrected chi connectivity index (χ1v) is 7.34. The molecular formula is C13H11ClN2O3S. The van der Waals surface area contributed by atoms with Crippen LogP contribution >= 0.6 is 11.6 Å². The number of anilines is 1. The van der Waals surface area contributed by atoms with E-state index < -0.39 is 15.7 Å². The SMILES string of the molecule is Nc1ccc(S(=O)Cc2ccc([N+](=O)[O-])cc2)cc1Cl. The first-order chi connectivity index (χ1) is 9.47. The van der Waals surface area contributed by atoms with Crippen molar-refractivity contribution in [3.05, 3.63) is 63.2 Å².